The van der Waals surface area contributed by atoms with Crippen LogP contribution in [0.2, 0.25) is 10.0 Å². The molecule has 1 N–H and O–H groups in total. The fourth-order valence-electron chi connectivity index (χ4n) is 1.73. The SMILES string of the molecule is CCc1cnc(CNC(C)c2ccc(Cl)c(Cl)c2)s1. The van der Waals surface area contributed by atoms with Crippen molar-refractivity contribution in [2.75, 3.05) is 0 Å². The van der Waals surface area contributed by atoms with Gasteiger partial charge in [0, 0.05) is 23.7 Å². The second-order valence-corrected chi connectivity index (χ2v) is 6.36. The van der Waals surface area contributed by atoms with Gasteiger partial charge in [0.15, 0.2) is 0 Å². The highest BCUT2D eigenvalue weighted by Gasteiger charge is 2.08. The van der Waals surface area contributed by atoms with Gasteiger partial charge in [-0.15, -0.1) is 11.3 Å². The van der Waals surface area contributed by atoms with E-state index < -0.39 is 0 Å². The molecule has 19 heavy (non-hydrogen) atoms. The van der Waals surface area contributed by atoms with Gasteiger partial charge in [-0.2, -0.15) is 0 Å². The Kier molecular flexibility index (Phi) is 5.22. The molecule has 1 aromatic heterocycles. The fourth-order valence-corrected chi connectivity index (χ4v) is 2.85. The summed E-state index contributed by atoms with van der Waals surface area (Å²) in [5.41, 5.74) is 1.13. The van der Waals surface area contributed by atoms with E-state index in [9.17, 15) is 0 Å². The minimum absolute atomic E-state index is 0.212. The van der Waals surface area contributed by atoms with E-state index in [4.69, 9.17) is 23.2 Å². The Morgan fingerprint density at radius 1 is 1.32 bits per heavy atom. The molecule has 2 nitrogen and oxygen atoms in total. The standard InChI is InChI=1S/C14H16Cl2N2S/c1-3-11-7-18-14(19-11)8-17-9(2)10-4-5-12(15)13(16)6-10/h4-7,9,17H,3,8H2,1-2H3. The average molecular weight is 315 g/mol. The molecular weight excluding hydrogens is 299 g/mol. The first-order valence-corrected chi connectivity index (χ1v) is 7.79. The molecule has 0 bridgehead atoms. The third-order valence-corrected chi connectivity index (χ3v) is 4.83. The van der Waals surface area contributed by atoms with E-state index in [1.54, 1.807) is 11.3 Å². The van der Waals surface area contributed by atoms with Crippen molar-refractivity contribution in [1.82, 2.24) is 10.3 Å². The maximum Gasteiger partial charge on any atom is 0.107 e. The zero-order valence-corrected chi connectivity index (χ0v) is 13.2. The molecule has 2 aromatic rings. The van der Waals surface area contributed by atoms with Crippen LogP contribution in [-0.4, -0.2) is 4.98 Å². The van der Waals surface area contributed by atoms with Crippen LogP contribution in [0.3, 0.4) is 0 Å². The Balaban J connectivity index is 1.96. The molecule has 0 radical (unpaired) electrons. The lowest BCUT2D eigenvalue weighted by Gasteiger charge is -2.13. The summed E-state index contributed by atoms with van der Waals surface area (Å²) >= 11 is 13.7. The average Bonchev–Trinajstić information content (AvgIpc) is 2.87. The highest BCUT2D eigenvalue weighted by molar-refractivity contribution is 7.11. The molecule has 0 saturated heterocycles. The molecule has 0 saturated carbocycles. The first kappa shape index (κ1) is 14.8. The van der Waals surface area contributed by atoms with E-state index in [0.717, 1.165) is 23.5 Å². The molecule has 0 aliphatic rings. The molecule has 2 rings (SSSR count). The van der Waals surface area contributed by atoms with E-state index >= 15 is 0 Å². The topological polar surface area (TPSA) is 24.9 Å². The normalized spacial score (nSPS) is 12.6. The van der Waals surface area contributed by atoms with Gasteiger partial charge < -0.3 is 5.32 Å². The highest BCUT2D eigenvalue weighted by Crippen LogP contribution is 2.25. The largest absolute Gasteiger partial charge is 0.304 e. The van der Waals surface area contributed by atoms with Crippen LogP contribution < -0.4 is 5.32 Å². The van der Waals surface area contributed by atoms with E-state index in [2.05, 4.69) is 24.1 Å². The van der Waals surface area contributed by atoms with Gasteiger partial charge in [0.1, 0.15) is 5.01 Å². The number of nitrogens with zero attached hydrogens (tertiary/aromatic N) is 1. The van der Waals surface area contributed by atoms with Crippen molar-refractivity contribution in [2.45, 2.75) is 32.9 Å². The third-order valence-electron chi connectivity index (χ3n) is 2.95. The summed E-state index contributed by atoms with van der Waals surface area (Å²) in [7, 11) is 0. The number of halogens is 2. The summed E-state index contributed by atoms with van der Waals surface area (Å²) in [6, 6.07) is 5.94. The lowest BCUT2D eigenvalue weighted by atomic mass is 10.1. The lowest BCUT2D eigenvalue weighted by molar-refractivity contribution is 0.573. The lowest BCUT2D eigenvalue weighted by Crippen LogP contribution is -2.17. The van der Waals surface area contributed by atoms with Gasteiger partial charge in [0.05, 0.1) is 10.0 Å². The molecule has 5 heteroatoms. The minimum Gasteiger partial charge on any atom is -0.304 e. The summed E-state index contributed by atoms with van der Waals surface area (Å²) in [5.74, 6) is 0. The van der Waals surface area contributed by atoms with Crippen molar-refractivity contribution >= 4 is 34.5 Å². The molecule has 0 aliphatic carbocycles. The number of aromatic nitrogens is 1. The van der Waals surface area contributed by atoms with Crippen LogP contribution in [0, 0.1) is 0 Å². The van der Waals surface area contributed by atoms with Gasteiger partial charge >= 0.3 is 0 Å². The number of benzene rings is 1. The van der Waals surface area contributed by atoms with Crippen molar-refractivity contribution in [1.29, 1.82) is 0 Å². The van der Waals surface area contributed by atoms with Crippen LogP contribution in [0.1, 0.15) is 35.3 Å². The third kappa shape index (κ3) is 3.93. The van der Waals surface area contributed by atoms with E-state index in [-0.39, 0.29) is 6.04 Å². The second kappa shape index (κ2) is 6.71. The van der Waals surface area contributed by atoms with Gasteiger partial charge in [0.25, 0.3) is 0 Å². The Morgan fingerprint density at radius 2 is 2.11 bits per heavy atom. The zero-order valence-electron chi connectivity index (χ0n) is 10.9. The van der Waals surface area contributed by atoms with Crippen LogP contribution in [0.5, 0.6) is 0 Å². The molecular formula is C14H16Cl2N2S. The van der Waals surface area contributed by atoms with Crippen molar-refractivity contribution in [3.63, 3.8) is 0 Å². The van der Waals surface area contributed by atoms with Crippen molar-refractivity contribution < 1.29 is 0 Å². The minimum atomic E-state index is 0.212. The van der Waals surface area contributed by atoms with Gasteiger partial charge in [0.2, 0.25) is 0 Å². The summed E-state index contributed by atoms with van der Waals surface area (Å²) in [4.78, 5) is 5.71. The van der Waals surface area contributed by atoms with Crippen molar-refractivity contribution in [3.8, 4) is 0 Å². The second-order valence-electron chi connectivity index (χ2n) is 4.35. The smallest absolute Gasteiger partial charge is 0.107 e. The molecule has 0 aliphatic heterocycles. The van der Waals surface area contributed by atoms with Gasteiger partial charge in [-0.1, -0.05) is 36.2 Å². The molecule has 1 unspecified atom stereocenters. The maximum atomic E-state index is 6.03. The Hall–Kier alpha value is -0.610. The van der Waals surface area contributed by atoms with Crippen LogP contribution in [0.25, 0.3) is 0 Å². The molecule has 0 spiro atoms. The van der Waals surface area contributed by atoms with Crippen molar-refractivity contribution in [2.24, 2.45) is 0 Å². The number of thiazole rings is 1. The van der Waals surface area contributed by atoms with Crippen LogP contribution in [0.4, 0.5) is 0 Å². The summed E-state index contributed by atoms with van der Waals surface area (Å²) in [6.45, 7) is 5.02. The molecule has 0 amide bonds. The highest BCUT2D eigenvalue weighted by atomic mass is 35.5. The van der Waals surface area contributed by atoms with Gasteiger partial charge in [-0.05, 0) is 31.0 Å². The van der Waals surface area contributed by atoms with Crippen LogP contribution in [0.15, 0.2) is 24.4 Å². The summed E-state index contributed by atoms with van der Waals surface area (Å²) in [6.07, 6.45) is 2.99. The quantitative estimate of drug-likeness (QED) is 0.852. The first-order valence-electron chi connectivity index (χ1n) is 6.22. The molecule has 1 atom stereocenters. The zero-order chi connectivity index (χ0) is 13.8. The number of nitrogens with one attached hydrogen (secondary N) is 1. The predicted molar refractivity (Wildman–Crippen MR) is 83.2 cm³/mol. The Bertz CT molecular complexity index is 554. The molecule has 102 valence electrons. The Labute approximate surface area is 127 Å². The molecule has 1 aromatic carbocycles. The van der Waals surface area contributed by atoms with E-state index in [1.165, 1.54) is 4.88 Å². The molecule has 0 fully saturated rings. The monoisotopic (exact) mass is 314 g/mol. The fraction of sp³-hybridized carbons (Fsp3) is 0.357. The summed E-state index contributed by atoms with van der Waals surface area (Å²) in [5, 5.41) is 5.74. The Morgan fingerprint density at radius 3 is 2.74 bits per heavy atom. The van der Waals surface area contributed by atoms with Crippen LogP contribution in [-0.2, 0) is 13.0 Å². The van der Waals surface area contributed by atoms with E-state index in [1.807, 2.05) is 24.4 Å². The van der Waals surface area contributed by atoms with Crippen LogP contribution >= 0.6 is 34.5 Å². The van der Waals surface area contributed by atoms with E-state index in [0.29, 0.717) is 10.0 Å². The maximum absolute atomic E-state index is 6.03. The number of hydrogen-bond donors (Lipinski definition) is 1. The number of rotatable bonds is 5. The molecule has 1 heterocycles. The number of aryl methyl sites for hydroxylation is 1. The number of hydrogen-bond acceptors (Lipinski definition) is 3. The predicted octanol–water partition coefficient (Wildman–Crippen LogP) is 4.86. The first-order chi connectivity index (χ1) is 9.10. The van der Waals surface area contributed by atoms with Gasteiger partial charge in [-0.25, -0.2) is 4.98 Å². The van der Waals surface area contributed by atoms with Gasteiger partial charge in [-0.3, -0.25) is 0 Å². The summed E-state index contributed by atoms with van der Waals surface area (Å²) < 4.78 is 0. The van der Waals surface area contributed by atoms with Crippen molar-refractivity contribution in [3.05, 3.63) is 49.9 Å².